The molecule has 2 aromatic carbocycles. The molecule has 0 atom stereocenters. The smallest absolute Gasteiger partial charge is 0.269 e. The van der Waals surface area contributed by atoms with Gasteiger partial charge in [-0.1, -0.05) is 6.07 Å². The Morgan fingerprint density at radius 2 is 1.81 bits per heavy atom. The van der Waals surface area contributed by atoms with E-state index < -0.39 is 14.9 Å². The van der Waals surface area contributed by atoms with Crippen LogP contribution in [0.4, 0.5) is 11.4 Å². The molecule has 0 fully saturated rings. The van der Waals surface area contributed by atoms with Gasteiger partial charge in [0, 0.05) is 12.1 Å². The lowest BCUT2D eigenvalue weighted by atomic mass is 10.2. The van der Waals surface area contributed by atoms with Crippen molar-refractivity contribution in [2.45, 2.75) is 4.90 Å². The number of nitrogens with one attached hydrogen (secondary N) is 1. The van der Waals surface area contributed by atoms with Crippen LogP contribution >= 0.6 is 0 Å². The van der Waals surface area contributed by atoms with Crippen molar-refractivity contribution in [3.63, 3.8) is 0 Å². The van der Waals surface area contributed by atoms with E-state index in [1.165, 1.54) is 12.1 Å². The van der Waals surface area contributed by atoms with Gasteiger partial charge in [0.25, 0.3) is 15.7 Å². The molecule has 21 heavy (non-hydrogen) atoms. The van der Waals surface area contributed by atoms with E-state index in [1.54, 1.807) is 12.1 Å². The van der Waals surface area contributed by atoms with Crippen LogP contribution in [0.2, 0.25) is 0 Å². The van der Waals surface area contributed by atoms with E-state index in [1.807, 2.05) is 6.07 Å². The summed E-state index contributed by atoms with van der Waals surface area (Å²) in [5.41, 5.74) is 0.367. The van der Waals surface area contributed by atoms with Crippen LogP contribution in [0.3, 0.4) is 0 Å². The number of hydrogen-bond donors (Lipinski definition) is 1. The molecular formula is C13H9N3O4S. The molecule has 0 amide bonds. The molecule has 8 heteroatoms. The molecule has 0 aromatic heterocycles. The maximum absolute atomic E-state index is 12.1. The van der Waals surface area contributed by atoms with E-state index in [4.69, 9.17) is 5.26 Å². The normalized spacial score (nSPS) is 10.6. The van der Waals surface area contributed by atoms with Crippen LogP contribution in [0.1, 0.15) is 5.56 Å². The Morgan fingerprint density at radius 1 is 1.14 bits per heavy atom. The fourth-order valence-corrected chi connectivity index (χ4v) is 2.66. The van der Waals surface area contributed by atoms with Crippen LogP contribution in [0.5, 0.6) is 0 Å². The Balaban J connectivity index is 2.29. The summed E-state index contributed by atoms with van der Waals surface area (Å²) in [7, 11) is -3.86. The molecule has 106 valence electrons. The standard InChI is InChI=1S/C13H9N3O4S/c14-9-10-2-1-3-11(8-10)15-21(19,20)13-6-4-12(5-7-13)16(17)18/h1-8,15H. The van der Waals surface area contributed by atoms with Crippen molar-refractivity contribution in [2.75, 3.05) is 4.72 Å². The highest BCUT2D eigenvalue weighted by atomic mass is 32.2. The largest absolute Gasteiger partial charge is 0.280 e. The van der Waals surface area contributed by atoms with Gasteiger partial charge >= 0.3 is 0 Å². The predicted octanol–water partition coefficient (Wildman–Crippen LogP) is 2.27. The molecule has 0 spiro atoms. The molecule has 0 aliphatic rings. The zero-order valence-corrected chi connectivity index (χ0v) is 11.4. The fourth-order valence-electron chi connectivity index (χ4n) is 1.61. The van der Waals surface area contributed by atoms with Gasteiger partial charge in [-0.15, -0.1) is 0 Å². The van der Waals surface area contributed by atoms with Crippen LogP contribution < -0.4 is 4.72 Å². The number of nitro benzene ring substituents is 1. The van der Waals surface area contributed by atoms with Gasteiger partial charge < -0.3 is 0 Å². The van der Waals surface area contributed by atoms with E-state index in [0.717, 1.165) is 24.3 Å². The monoisotopic (exact) mass is 303 g/mol. The second kappa shape index (κ2) is 5.60. The maximum Gasteiger partial charge on any atom is 0.269 e. The Labute approximate surface area is 120 Å². The number of hydrogen-bond acceptors (Lipinski definition) is 5. The van der Waals surface area contributed by atoms with Crippen molar-refractivity contribution in [3.05, 3.63) is 64.2 Å². The molecule has 2 rings (SSSR count). The van der Waals surface area contributed by atoms with Gasteiger partial charge in [-0.3, -0.25) is 14.8 Å². The van der Waals surface area contributed by atoms with Gasteiger partial charge in [0.15, 0.2) is 0 Å². The number of benzene rings is 2. The first-order valence-corrected chi connectivity index (χ1v) is 7.18. The summed E-state index contributed by atoms with van der Waals surface area (Å²) in [6, 6.07) is 12.4. The van der Waals surface area contributed by atoms with Crippen LogP contribution in [0.25, 0.3) is 0 Å². The first kappa shape index (κ1) is 14.5. The summed E-state index contributed by atoms with van der Waals surface area (Å²) in [6.45, 7) is 0. The van der Waals surface area contributed by atoms with E-state index in [-0.39, 0.29) is 16.3 Å². The van der Waals surface area contributed by atoms with Crippen LogP contribution in [0.15, 0.2) is 53.4 Å². The lowest BCUT2D eigenvalue weighted by Crippen LogP contribution is -2.12. The molecule has 0 aliphatic heterocycles. The summed E-state index contributed by atoms with van der Waals surface area (Å²) < 4.78 is 26.5. The SMILES string of the molecule is N#Cc1cccc(NS(=O)(=O)c2ccc([N+](=O)[O-])cc2)c1. The van der Waals surface area contributed by atoms with Crippen molar-refractivity contribution in [3.8, 4) is 6.07 Å². The minimum Gasteiger partial charge on any atom is -0.280 e. The Kier molecular flexibility index (Phi) is 3.86. The Morgan fingerprint density at radius 3 is 2.38 bits per heavy atom. The van der Waals surface area contributed by atoms with E-state index in [0.29, 0.717) is 5.56 Å². The van der Waals surface area contributed by atoms with Gasteiger partial charge in [0.2, 0.25) is 0 Å². The molecule has 7 nitrogen and oxygen atoms in total. The second-order valence-corrected chi connectivity index (χ2v) is 5.73. The van der Waals surface area contributed by atoms with Gasteiger partial charge in [-0.25, -0.2) is 8.42 Å². The minimum atomic E-state index is -3.86. The van der Waals surface area contributed by atoms with Gasteiger partial charge in [0.1, 0.15) is 0 Å². The van der Waals surface area contributed by atoms with Crippen LogP contribution in [0, 0.1) is 21.4 Å². The van der Waals surface area contributed by atoms with Gasteiger partial charge in [-0.05, 0) is 30.3 Å². The zero-order chi connectivity index (χ0) is 15.5. The third kappa shape index (κ3) is 3.34. The number of nitro groups is 1. The first-order chi connectivity index (χ1) is 9.92. The quantitative estimate of drug-likeness (QED) is 0.687. The van der Waals surface area contributed by atoms with Crippen molar-refractivity contribution < 1.29 is 13.3 Å². The number of nitriles is 1. The van der Waals surface area contributed by atoms with Crippen molar-refractivity contribution >= 4 is 21.4 Å². The third-order valence-corrected chi connectivity index (χ3v) is 4.00. The molecule has 1 N–H and O–H groups in total. The average Bonchev–Trinajstić information content (AvgIpc) is 2.47. The summed E-state index contributed by atoms with van der Waals surface area (Å²) in [5.74, 6) is 0. The van der Waals surface area contributed by atoms with E-state index in [2.05, 4.69) is 4.72 Å². The summed E-state index contributed by atoms with van der Waals surface area (Å²) in [5, 5.41) is 19.3. The van der Waals surface area contributed by atoms with Gasteiger partial charge in [-0.2, -0.15) is 5.26 Å². The topological polar surface area (TPSA) is 113 Å². The maximum atomic E-state index is 12.1. The molecular weight excluding hydrogens is 294 g/mol. The highest BCUT2D eigenvalue weighted by Crippen LogP contribution is 2.19. The van der Waals surface area contributed by atoms with E-state index in [9.17, 15) is 18.5 Å². The molecule has 0 heterocycles. The highest BCUT2D eigenvalue weighted by molar-refractivity contribution is 7.92. The van der Waals surface area contributed by atoms with E-state index >= 15 is 0 Å². The molecule has 2 aromatic rings. The minimum absolute atomic E-state index is 0.101. The number of rotatable bonds is 4. The number of anilines is 1. The molecule has 0 aliphatic carbocycles. The second-order valence-electron chi connectivity index (χ2n) is 4.05. The number of sulfonamides is 1. The number of non-ortho nitro benzene ring substituents is 1. The third-order valence-electron chi connectivity index (χ3n) is 2.60. The Bertz CT molecular complexity index is 823. The van der Waals surface area contributed by atoms with Crippen molar-refractivity contribution in [1.29, 1.82) is 5.26 Å². The first-order valence-electron chi connectivity index (χ1n) is 5.70. The highest BCUT2D eigenvalue weighted by Gasteiger charge is 2.16. The summed E-state index contributed by atoms with van der Waals surface area (Å²) >= 11 is 0. The molecule has 0 bridgehead atoms. The molecule has 0 saturated heterocycles. The summed E-state index contributed by atoms with van der Waals surface area (Å²) in [6.07, 6.45) is 0. The fraction of sp³-hybridized carbons (Fsp3) is 0. The molecule has 0 radical (unpaired) electrons. The Hall–Kier alpha value is -2.92. The van der Waals surface area contributed by atoms with Crippen LogP contribution in [-0.4, -0.2) is 13.3 Å². The predicted molar refractivity (Wildman–Crippen MR) is 75.1 cm³/mol. The number of nitrogens with zero attached hydrogens (tertiary/aromatic N) is 2. The summed E-state index contributed by atoms with van der Waals surface area (Å²) in [4.78, 5) is 9.82. The van der Waals surface area contributed by atoms with Crippen LogP contribution in [-0.2, 0) is 10.0 Å². The molecule has 0 saturated carbocycles. The van der Waals surface area contributed by atoms with Crippen molar-refractivity contribution in [2.24, 2.45) is 0 Å². The zero-order valence-electron chi connectivity index (χ0n) is 10.6. The molecule has 0 unspecified atom stereocenters. The lowest BCUT2D eigenvalue weighted by Gasteiger charge is -2.08. The van der Waals surface area contributed by atoms with Crippen molar-refractivity contribution in [1.82, 2.24) is 0 Å². The average molecular weight is 303 g/mol. The lowest BCUT2D eigenvalue weighted by molar-refractivity contribution is -0.384. The van der Waals surface area contributed by atoms with Gasteiger partial charge in [0.05, 0.1) is 27.1 Å².